The topological polar surface area (TPSA) is 0 Å². The van der Waals surface area contributed by atoms with Gasteiger partial charge in [0.15, 0.2) is 0 Å². The van der Waals surface area contributed by atoms with Crippen LogP contribution >= 0.6 is 7.92 Å². The Labute approximate surface area is 170 Å². The molecular weight excluding hydrogens is 450 g/mol. The average molecular weight is 481 g/mol. The molecule has 0 radical (unpaired) electrons. The van der Waals surface area contributed by atoms with Gasteiger partial charge in [0, 0.05) is 0 Å². The van der Waals surface area contributed by atoms with E-state index >= 15 is 0 Å². The molecule has 0 spiro atoms. The molecule has 2 heteroatoms. The Kier molecular flexibility index (Phi) is 7.17. The number of hydrogen-bond donors (Lipinski definition) is 0. The first-order valence-electron chi connectivity index (χ1n) is 9.98. The van der Waals surface area contributed by atoms with Crippen LogP contribution in [0, 0.1) is 0 Å². The van der Waals surface area contributed by atoms with E-state index in [1.54, 1.807) is 10.7 Å². The van der Waals surface area contributed by atoms with E-state index in [9.17, 15) is 0 Å². The summed E-state index contributed by atoms with van der Waals surface area (Å²) in [6.07, 6.45) is 0. The molecule has 0 heterocycles. The van der Waals surface area contributed by atoms with Crippen molar-refractivity contribution in [3.05, 3.63) is 91.0 Å². The summed E-state index contributed by atoms with van der Waals surface area (Å²) in [5.74, 6) is 0. The zero-order chi connectivity index (χ0) is 19.3. The molecule has 27 heavy (non-hydrogen) atoms. The van der Waals surface area contributed by atoms with Crippen LogP contribution in [0.25, 0.3) is 0 Å². The van der Waals surface area contributed by atoms with Crippen molar-refractivity contribution in [2.24, 2.45) is 0 Å². The van der Waals surface area contributed by atoms with Gasteiger partial charge >= 0.3 is 171 Å². The first kappa shape index (κ1) is 20.6. The van der Waals surface area contributed by atoms with Crippen molar-refractivity contribution in [2.45, 2.75) is 39.0 Å². The zero-order valence-electron chi connectivity index (χ0n) is 17.0. The van der Waals surface area contributed by atoms with Gasteiger partial charge in [0.2, 0.25) is 0 Å². The molecular formula is C25H31PSn. The third kappa shape index (κ3) is 4.49. The average Bonchev–Trinajstić information content (AvgIpc) is 2.70. The molecule has 0 nitrogen and oxygen atoms in total. The van der Waals surface area contributed by atoms with Crippen molar-refractivity contribution in [1.29, 1.82) is 0 Å². The maximum atomic E-state index is 2.43. The molecule has 0 unspecified atom stereocenters. The van der Waals surface area contributed by atoms with Gasteiger partial charge < -0.3 is 0 Å². The first-order chi connectivity index (χ1) is 13.1. The summed E-state index contributed by atoms with van der Waals surface area (Å²) in [7, 11) is -0.0441. The van der Waals surface area contributed by atoms with Gasteiger partial charge in [-0.1, -0.05) is 0 Å². The predicted octanol–water partition coefficient (Wildman–Crippen LogP) is 4.99. The molecule has 3 rings (SSSR count). The van der Waals surface area contributed by atoms with Gasteiger partial charge in [0.1, 0.15) is 0 Å². The van der Waals surface area contributed by atoms with Gasteiger partial charge in [-0.3, -0.25) is 0 Å². The molecule has 0 aliphatic heterocycles. The van der Waals surface area contributed by atoms with E-state index in [0.717, 1.165) is 11.3 Å². The Morgan fingerprint density at radius 1 is 0.556 bits per heavy atom. The molecule has 140 valence electrons. The fraction of sp³-hybridized carbons (Fsp3) is 0.280. The van der Waals surface area contributed by atoms with Crippen molar-refractivity contribution >= 4 is 37.0 Å². The van der Waals surface area contributed by atoms with E-state index in [0.29, 0.717) is 0 Å². The van der Waals surface area contributed by atoms with E-state index in [1.807, 2.05) is 0 Å². The van der Waals surface area contributed by atoms with Crippen LogP contribution in [0.5, 0.6) is 0 Å². The van der Waals surface area contributed by atoms with Gasteiger partial charge in [0.25, 0.3) is 0 Å². The Hall–Kier alpha value is -1.11. The second-order valence-electron chi connectivity index (χ2n) is 7.86. The fourth-order valence-corrected chi connectivity index (χ4v) is 32.2. The number of benzene rings is 3. The van der Waals surface area contributed by atoms with Crippen LogP contribution in [0.2, 0.25) is 0 Å². The maximum absolute atomic E-state index is 3.10. The number of hydrogen-bond acceptors (Lipinski definition) is 0. The molecule has 0 aliphatic rings. The van der Waals surface area contributed by atoms with Crippen LogP contribution in [0.4, 0.5) is 0 Å². The van der Waals surface area contributed by atoms with Crippen molar-refractivity contribution in [2.75, 3.05) is 4.18 Å². The standard InChI is InChI=1S/C7H16P.3C6H5.Sn/c1-6(2)8(5)7(3)4;3*1-2-4-6-5-3-1;/h6-7H,5H2,1-4H3;3*1-5H;. The summed E-state index contributed by atoms with van der Waals surface area (Å²) in [4.78, 5) is 0. The molecule has 0 atom stereocenters. The summed E-state index contributed by atoms with van der Waals surface area (Å²) >= 11 is -3.10. The quantitative estimate of drug-likeness (QED) is 0.330. The molecule has 3 aromatic rings. The van der Waals surface area contributed by atoms with E-state index < -0.39 is 18.4 Å². The van der Waals surface area contributed by atoms with Gasteiger partial charge in [0.05, 0.1) is 0 Å². The summed E-state index contributed by atoms with van der Waals surface area (Å²) in [5, 5.41) is 0. The van der Waals surface area contributed by atoms with Crippen molar-refractivity contribution in [3.63, 3.8) is 0 Å². The van der Waals surface area contributed by atoms with Gasteiger partial charge in [-0.15, -0.1) is 0 Å². The monoisotopic (exact) mass is 482 g/mol. The molecule has 0 bridgehead atoms. The van der Waals surface area contributed by atoms with Crippen molar-refractivity contribution in [1.82, 2.24) is 0 Å². The molecule has 0 fully saturated rings. The SMILES string of the molecule is CC(C)P([CH2][Sn]([c]1ccccc1)([c]1ccccc1)[c]1ccccc1)C(C)C. The predicted molar refractivity (Wildman–Crippen MR) is 126 cm³/mol. The number of rotatable bonds is 7. The van der Waals surface area contributed by atoms with E-state index in [4.69, 9.17) is 0 Å². The first-order valence-corrected chi connectivity index (χ1v) is 17.9. The van der Waals surface area contributed by atoms with E-state index in [-0.39, 0.29) is 7.92 Å². The summed E-state index contributed by atoms with van der Waals surface area (Å²) in [6, 6.07) is 34.3. The molecule has 0 aliphatic carbocycles. The van der Waals surface area contributed by atoms with Gasteiger partial charge in [-0.2, -0.15) is 0 Å². The van der Waals surface area contributed by atoms with Crippen LogP contribution in [0.1, 0.15) is 27.7 Å². The molecule has 0 amide bonds. The van der Waals surface area contributed by atoms with Gasteiger partial charge in [-0.05, 0) is 0 Å². The third-order valence-electron chi connectivity index (χ3n) is 5.55. The van der Waals surface area contributed by atoms with E-state index in [2.05, 4.69) is 119 Å². The molecule has 3 aromatic carbocycles. The van der Waals surface area contributed by atoms with Crippen molar-refractivity contribution in [3.8, 4) is 0 Å². The summed E-state index contributed by atoms with van der Waals surface area (Å²) in [5.41, 5.74) is 1.51. The van der Waals surface area contributed by atoms with E-state index in [1.165, 1.54) is 4.18 Å². The van der Waals surface area contributed by atoms with Crippen LogP contribution in [-0.4, -0.2) is 33.9 Å². The Morgan fingerprint density at radius 3 is 1.11 bits per heavy atom. The molecule has 0 aromatic heterocycles. The molecule has 0 saturated carbocycles. The van der Waals surface area contributed by atoms with Crippen molar-refractivity contribution < 1.29 is 0 Å². The Bertz CT molecular complexity index is 708. The fourth-order valence-electron chi connectivity index (χ4n) is 4.18. The molecule has 0 saturated heterocycles. The van der Waals surface area contributed by atoms with Crippen LogP contribution in [-0.2, 0) is 0 Å². The van der Waals surface area contributed by atoms with Crippen LogP contribution < -0.4 is 10.7 Å². The van der Waals surface area contributed by atoms with Crippen LogP contribution in [0.3, 0.4) is 0 Å². The zero-order valence-corrected chi connectivity index (χ0v) is 20.7. The minimum atomic E-state index is -3.10. The van der Waals surface area contributed by atoms with Gasteiger partial charge in [-0.25, -0.2) is 0 Å². The second-order valence-corrected chi connectivity index (χ2v) is 24.1. The normalized spacial score (nSPS) is 12.1. The Morgan fingerprint density at radius 2 is 0.852 bits per heavy atom. The summed E-state index contributed by atoms with van der Waals surface area (Å²) in [6.45, 7) is 9.74. The Balaban J connectivity index is 2.29. The van der Waals surface area contributed by atoms with Crippen LogP contribution in [0.15, 0.2) is 91.0 Å². The second kappa shape index (κ2) is 9.39. The molecule has 0 N–H and O–H groups in total. The summed E-state index contributed by atoms with van der Waals surface area (Å²) < 4.78 is 6.21. The third-order valence-corrected chi connectivity index (χ3v) is 27.5. The minimum absolute atomic E-state index is 0.0441.